The van der Waals surface area contributed by atoms with Crippen LogP contribution in [0.25, 0.3) is 0 Å². The first-order valence-electron chi connectivity index (χ1n) is 15.9. The first-order chi connectivity index (χ1) is 20.7. The normalized spacial score (nSPS) is 18.4. The SMILES string of the molecule is CC(C)(C)[Si](C)(C)OC1CN(Cc2ccccc2)CCC1CCOC(c1ccccc1)(c1ccccc1)c1ccccc1. The predicted molar refractivity (Wildman–Crippen MR) is 182 cm³/mol. The van der Waals surface area contributed by atoms with Crippen molar-refractivity contribution in [2.45, 2.75) is 70.0 Å². The highest BCUT2D eigenvalue weighted by Crippen LogP contribution is 2.42. The van der Waals surface area contributed by atoms with E-state index in [0.717, 1.165) is 49.2 Å². The van der Waals surface area contributed by atoms with Crippen molar-refractivity contribution in [1.29, 1.82) is 0 Å². The van der Waals surface area contributed by atoms with Crippen molar-refractivity contribution >= 4 is 8.32 Å². The number of benzene rings is 4. The van der Waals surface area contributed by atoms with Crippen LogP contribution in [0.15, 0.2) is 121 Å². The van der Waals surface area contributed by atoms with E-state index in [1.54, 1.807) is 0 Å². The van der Waals surface area contributed by atoms with Crippen LogP contribution in [0.3, 0.4) is 0 Å². The standard InChI is InChI=1S/C39H49NO2Si/c1-38(2,3)43(4,5)42-37-31-40(30-32-18-10-6-11-19-32)28-26-33(37)27-29-41-39(34-20-12-7-13-21-34,35-22-14-8-15-23-35)36-24-16-9-17-25-36/h6-25,33,37H,26-31H2,1-5H3. The molecular formula is C39H49NO2Si. The monoisotopic (exact) mass is 591 g/mol. The molecule has 1 fully saturated rings. The van der Waals surface area contributed by atoms with Crippen molar-refractivity contribution in [3.05, 3.63) is 144 Å². The Morgan fingerprint density at radius 2 is 1.16 bits per heavy atom. The quantitative estimate of drug-likeness (QED) is 0.128. The summed E-state index contributed by atoms with van der Waals surface area (Å²) in [6.07, 6.45) is 2.28. The van der Waals surface area contributed by atoms with Crippen LogP contribution < -0.4 is 0 Å². The largest absolute Gasteiger partial charge is 0.412 e. The number of hydrogen-bond donors (Lipinski definition) is 0. The summed E-state index contributed by atoms with van der Waals surface area (Å²) in [5, 5.41) is 0.166. The van der Waals surface area contributed by atoms with Gasteiger partial charge in [-0.15, -0.1) is 0 Å². The topological polar surface area (TPSA) is 21.7 Å². The van der Waals surface area contributed by atoms with Crippen LogP contribution in [-0.2, 0) is 21.3 Å². The van der Waals surface area contributed by atoms with E-state index in [9.17, 15) is 0 Å². The van der Waals surface area contributed by atoms with Crippen molar-refractivity contribution in [2.75, 3.05) is 19.7 Å². The summed E-state index contributed by atoms with van der Waals surface area (Å²) in [5.41, 5.74) is 4.14. The predicted octanol–water partition coefficient (Wildman–Crippen LogP) is 9.30. The molecule has 5 rings (SSSR count). The maximum atomic E-state index is 7.20. The minimum absolute atomic E-state index is 0.166. The van der Waals surface area contributed by atoms with Gasteiger partial charge in [0.15, 0.2) is 8.32 Å². The molecule has 4 heteroatoms. The Balaban J connectivity index is 1.40. The zero-order valence-corrected chi connectivity index (χ0v) is 27.7. The third kappa shape index (κ3) is 7.38. The summed E-state index contributed by atoms with van der Waals surface area (Å²) in [7, 11) is -1.96. The second-order valence-corrected chi connectivity index (χ2v) is 18.4. The van der Waals surface area contributed by atoms with Gasteiger partial charge < -0.3 is 9.16 Å². The van der Waals surface area contributed by atoms with Crippen LogP contribution in [0.5, 0.6) is 0 Å². The molecule has 0 aliphatic carbocycles. The van der Waals surface area contributed by atoms with Gasteiger partial charge in [0.2, 0.25) is 0 Å². The molecule has 1 aliphatic rings. The molecule has 1 aliphatic heterocycles. The molecule has 226 valence electrons. The lowest BCUT2D eigenvalue weighted by molar-refractivity contribution is -0.0234. The minimum Gasteiger partial charge on any atom is -0.412 e. The maximum Gasteiger partial charge on any atom is 0.192 e. The van der Waals surface area contributed by atoms with Crippen LogP contribution >= 0.6 is 0 Å². The van der Waals surface area contributed by atoms with Crippen LogP contribution in [0, 0.1) is 5.92 Å². The van der Waals surface area contributed by atoms with Crippen LogP contribution in [0.2, 0.25) is 18.1 Å². The van der Waals surface area contributed by atoms with Crippen molar-refractivity contribution in [3.63, 3.8) is 0 Å². The second kappa shape index (κ2) is 13.7. The van der Waals surface area contributed by atoms with Gasteiger partial charge in [0.05, 0.1) is 6.10 Å². The lowest BCUT2D eigenvalue weighted by Gasteiger charge is -2.46. The first kappa shape index (κ1) is 31.4. The van der Waals surface area contributed by atoms with Gasteiger partial charge in [-0.05, 0) is 65.7 Å². The Morgan fingerprint density at radius 1 is 0.698 bits per heavy atom. The number of ether oxygens (including phenoxy) is 1. The van der Waals surface area contributed by atoms with Crippen molar-refractivity contribution < 1.29 is 9.16 Å². The molecule has 0 bridgehead atoms. The highest BCUT2D eigenvalue weighted by Gasteiger charge is 2.43. The van der Waals surface area contributed by atoms with E-state index < -0.39 is 13.9 Å². The highest BCUT2D eigenvalue weighted by atomic mass is 28.4. The summed E-state index contributed by atoms with van der Waals surface area (Å²) < 4.78 is 14.4. The second-order valence-electron chi connectivity index (χ2n) is 13.6. The molecule has 0 saturated carbocycles. The van der Waals surface area contributed by atoms with Gasteiger partial charge in [-0.1, -0.05) is 142 Å². The van der Waals surface area contributed by atoms with E-state index in [-0.39, 0.29) is 11.1 Å². The molecule has 0 spiro atoms. The van der Waals surface area contributed by atoms with Crippen LogP contribution in [0.1, 0.15) is 55.9 Å². The van der Waals surface area contributed by atoms with Crippen molar-refractivity contribution in [2.24, 2.45) is 5.92 Å². The third-order valence-corrected chi connectivity index (χ3v) is 14.1. The zero-order valence-electron chi connectivity index (χ0n) is 26.7. The molecule has 2 unspecified atom stereocenters. The lowest BCUT2D eigenvalue weighted by atomic mass is 9.80. The summed E-state index contributed by atoms with van der Waals surface area (Å²) in [5.74, 6) is 0.446. The molecule has 43 heavy (non-hydrogen) atoms. The Bertz CT molecular complexity index is 1290. The molecule has 0 radical (unpaired) electrons. The average Bonchev–Trinajstić information content (AvgIpc) is 3.01. The number of likely N-dealkylation sites (tertiary alicyclic amines) is 1. The number of nitrogens with zero attached hydrogens (tertiary/aromatic N) is 1. The van der Waals surface area contributed by atoms with Gasteiger partial charge in [-0.2, -0.15) is 0 Å². The van der Waals surface area contributed by atoms with E-state index in [2.05, 4.69) is 160 Å². The highest BCUT2D eigenvalue weighted by molar-refractivity contribution is 6.74. The fourth-order valence-electron chi connectivity index (χ4n) is 6.17. The van der Waals surface area contributed by atoms with Crippen LogP contribution in [0.4, 0.5) is 0 Å². The number of piperidine rings is 1. The van der Waals surface area contributed by atoms with Crippen molar-refractivity contribution in [1.82, 2.24) is 4.90 Å². The molecular weight excluding hydrogens is 543 g/mol. The van der Waals surface area contributed by atoms with Gasteiger partial charge in [0, 0.05) is 19.7 Å². The Labute approximate surface area is 261 Å². The Morgan fingerprint density at radius 3 is 1.63 bits per heavy atom. The van der Waals surface area contributed by atoms with Gasteiger partial charge >= 0.3 is 0 Å². The molecule has 3 nitrogen and oxygen atoms in total. The Kier molecular flexibility index (Phi) is 10.0. The van der Waals surface area contributed by atoms with E-state index >= 15 is 0 Å². The van der Waals surface area contributed by atoms with Crippen molar-refractivity contribution in [3.8, 4) is 0 Å². The van der Waals surface area contributed by atoms with Gasteiger partial charge in [0.25, 0.3) is 0 Å². The van der Waals surface area contributed by atoms with Gasteiger partial charge in [0.1, 0.15) is 5.60 Å². The molecule has 0 aromatic heterocycles. The van der Waals surface area contributed by atoms with Gasteiger partial charge in [-0.25, -0.2) is 0 Å². The van der Waals surface area contributed by atoms with E-state index in [0.29, 0.717) is 12.5 Å². The average molecular weight is 592 g/mol. The fraction of sp³-hybridized carbons (Fsp3) is 0.385. The van der Waals surface area contributed by atoms with Crippen LogP contribution in [-0.4, -0.2) is 39.0 Å². The first-order valence-corrected chi connectivity index (χ1v) is 18.8. The number of rotatable bonds is 11. The molecule has 0 amide bonds. The maximum absolute atomic E-state index is 7.20. The van der Waals surface area contributed by atoms with E-state index in [4.69, 9.17) is 9.16 Å². The summed E-state index contributed by atoms with van der Waals surface area (Å²) >= 11 is 0. The fourth-order valence-corrected chi connectivity index (χ4v) is 7.54. The zero-order chi connectivity index (χ0) is 30.3. The van der Waals surface area contributed by atoms with E-state index in [1.165, 1.54) is 5.56 Å². The molecule has 4 aromatic rings. The molecule has 4 aromatic carbocycles. The third-order valence-electron chi connectivity index (χ3n) is 9.63. The summed E-state index contributed by atoms with van der Waals surface area (Å²) in [6, 6.07) is 43.0. The summed E-state index contributed by atoms with van der Waals surface area (Å²) in [4.78, 5) is 2.59. The smallest absolute Gasteiger partial charge is 0.192 e. The molecule has 1 heterocycles. The molecule has 0 N–H and O–H groups in total. The molecule has 1 saturated heterocycles. The summed E-state index contributed by atoms with van der Waals surface area (Å²) in [6.45, 7) is 15.5. The van der Waals surface area contributed by atoms with Gasteiger partial charge in [-0.3, -0.25) is 4.90 Å². The Hall–Kier alpha value is -3.02. The molecule has 2 atom stereocenters. The lowest BCUT2D eigenvalue weighted by Crippen LogP contribution is -2.52. The minimum atomic E-state index is -1.96. The van der Waals surface area contributed by atoms with E-state index in [1.807, 2.05) is 0 Å². The number of hydrogen-bond acceptors (Lipinski definition) is 3.